The lowest BCUT2D eigenvalue weighted by Crippen LogP contribution is -2.29. The number of benzene rings is 2. The van der Waals surface area contributed by atoms with E-state index in [9.17, 15) is 9.59 Å². The zero-order chi connectivity index (χ0) is 16.9. The Morgan fingerprint density at radius 2 is 1.88 bits per heavy atom. The van der Waals surface area contributed by atoms with Gasteiger partial charge in [-0.05, 0) is 36.1 Å². The summed E-state index contributed by atoms with van der Waals surface area (Å²) in [5.74, 6) is -0.324. The third-order valence-corrected chi connectivity index (χ3v) is 5.17. The van der Waals surface area contributed by atoms with E-state index in [1.807, 2.05) is 36.4 Å². The van der Waals surface area contributed by atoms with Crippen molar-refractivity contribution < 1.29 is 14.7 Å². The summed E-state index contributed by atoms with van der Waals surface area (Å²) in [6.45, 7) is 0. The summed E-state index contributed by atoms with van der Waals surface area (Å²) >= 11 is 1.52. The van der Waals surface area contributed by atoms with Crippen LogP contribution in [0.5, 0.6) is 0 Å². The molecule has 1 saturated carbocycles. The molecule has 1 aliphatic rings. The molecule has 0 bridgehead atoms. The molecular formula is C19H19NO3S. The number of hydrogen-bond acceptors (Lipinski definition) is 3. The van der Waals surface area contributed by atoms with E-state index < -0.39 is 5.97 Å². The molecule has 2 aromatic carbocycles. The molecule has 0 aliphatic heterocycles. The van der Waals surface area contributed by atoms with Gasteiger partial charge in [-0.1, -0.05) is 42.5 Å². The Hall–Kier alpha value is -2.27. The molecule has 0 spiro atoms. The van der Waals surface area contributed by atoms with E-state index in [4.69, 9.17) is 5.11 Å². The van der Waals surface area contributed by atoms with Gasteiger partial charge in [0.15, 0.2) is 0 Å². The van der Waals surface area contributed by atoms with E-state index in [2.05, 4.69) is 5.32 Å². The minimum absolute atomic E-state index is 0.0306. The molecule has 2 aromatic rings. The number of nitrogens with one attached hydrogen (secondary N) is 1. The van der Waals surface area contributed by atoms with E-state index >= 15 is 0 Å². The molecule has 5 heteroatoms. The highest BCUT2D eigenvalue weighted by Gasteiger charge is 2.28. The second-order valence-electron chi connectivity index (χ2n) is 5.89. The monoisotopic (exact) mass is 341 g/mol. The van der Waals surface area contributed by atoms with Crippen LogP contribution in [-0.4, -0.2) is 23.0 Å². The Morgan fingerprint density at radius 3 is 2.54 bits per heavy atom. The van der Waals surface area contributed by atoms with Gasteiger partial charge in [-0.2, -0.15) is 0 Å². The van der Waals surface area contributed by atoms with Crippen molar-refractivity contribution in [2.75, 3.05) is 0 Å². The topological polar surface area (TPSA) is 66.4 Å². The fourth-order valence-electron chi connectivity index (χ4n) is 2.43. The lowest BCUT2D eigenvalue weighted by atomic mass is 10.1. The van der Waals surface area contributed by atoms with Crippen molar-refractivity contribution in [1.82, 2.24) is 5.32 Å². The second kappa shape index (κ2) is 7.53. The van der Waals surface area contributed by atoms with E-state index in [1.165, 1.54) is 11.8 Å². The van der Waals surface area contributed by atoms with Crippen LogP contribution >= 0.6 is 11.8 Å². The van der Waals surface area contributed by atoms with Crippen LogP contribution in [0.15, 0.2) is 54.6 Å². The van der Waals surface area contributed by atoms with Crippen molar-refractivity contribution in [2.45, 2.75) is 29.9 Å². The number of carbonyl (C=O) groups is 2. The van der Waals surface area contributed by atoms with E-state index in [0.29, 0.717) is 11.8 Å². The first-order valence-corrected chi connectivity index (χ1v) is 8.97. The molecule has 124 valence electrons. The Kier molecular flexibility index (Phi) is 5.20. The number of aromatic carboxylic acids is 1. The molecule has 1 atom stereocenters. The Morgan fingerprint density at radius 1 is 1.12 bits per heavy atom. The smallest absolute Gasteiger partial charge is 0.335 e. The van der Waals surface area contributed by atoms with Crippen molar-refractivity contribution in [3.05, 3.63) is 71.3 Å². The maximum Gasteiger partial charge on any atom is 0.335 e. The SMILES string of the molecule is O=C(O)c1cccc(CS[C@H](C(=O)NC2CC2)c2ccccc2)c1. The molecule has 0 aromatic heterocycles. The molecule has 24 heavy (non-hydrogen) atoms. The first-order valence-electron chi connectivity index (χ1n) is 7.92. The van der Waals surface area contributed by atoms with E-state index in [-0.39, 0.29) is 16.7 Å². The van der Waals surface area contributed by atoms with Gasteiger partial charge in [0.05, 0.1) is 5.56 Å². The van der Waals surface area contributed by atoms with Gasteiger partial charge in [0.2, 0.25) is 5.91 Å². The Labute approximate surface area is 145 Å². The average molecular weight is 341 g/mol. The fraction of sp³-hybridized carbons (Fsp3) is 0.263. The van der Waals surface area contributed by atoms with E-state index in [0.717, 1.165) is 24.0 Å². The van der Waals surface area contributed by atoms with Gasteiger partial charge in [-0.25, -0.2) is 4.79 Å². The predicted molar refractivity (Wildman–Crippen MR) is 95.0 cm³/mol. The van der Waals surface area contributed by atoms with Gasteiger partial charge < -0.3 is 10.4 Å². The van der Waals surface area contributed by atoms with Crippen molar-refractivity contribution in [3.63, 3.8) is 0 Å². The number of carbonyl (C=O) groups excluding carboxylic acids is 1. The maximum absolute atomic E-state index is 12.6. The van der Waals surface area contributed by atoms with Gasteiger partial charge in [0.25, 0.3) is 0 Å². The van der Waals surface area contributed by atoms with Crippen LogP contribution in [0.25, 0.3) is 0 Å². The zero-order valence-electron chi connectivity index (χ0n) is 13.1. The van der Waals surface area contributed by atoms with Crippen molar-refractivity contribution >= 4 is 23.6 Å². The largest absolute Gasteiger partial charge is 0.478 e. The van der Waals surface area contributed by atoms with Crippen molar-refractivity contribution in [1.29, 1.82) is 0 Å². The molecular weight excluding hydrogens is 322 g/mol. The van der Waals surface area contributed by atoms with Gasteiger partial charge in [0.1, 0.15) is 5.25 Å². The molecule has 0 unspecified atom stereocenters. The number of rotatable bonds is 7. The highest BCUT2D eigenvalue weighted by Crippen LogP contribution is 2.33. The fourth-order valence-corrected chi connectivity index (χ4v) is 3.54. The standard InChI is InChI=1S/C19H19NO3S/c21-18(20-16-9-10-16)17(14-6-2-1-3-7-14)24-12-13-5-4-8-15(11-13)19(22)23/h1-8,11,16-17H,9-10,12H2,(H,20,21)(H,22,23)/t17-/m0/s1. The zero-order valence-corrected chi connectivity index (χ0v) is 14.0. The molecule has 0 saturated heterocycles. The summed E-state index contributed by atoms with van der Waals surface area (Å²) in [6.07, 6.45) is 2.11. The van der Waals surface area contributed by atoms with E-state index in [1.54, 1.807) is 18.2 Å². The van der Waals surface area contributed by atoms with Gasteiger partial charge in [-0.3, -0.25) is 4.79 Å². The summed E-state index contributed by atoms with van der Waals surface area (Å²) in [5, 5.41) is 11.9. The molecule has 1 fully saturated rings. The third-order valence-electron chi connectivity index (χ3n) is 3.85. The Balaban J connectivity index is 1.72. The summed E-state index contributed by atoms with van der Waals surface area (Å²) in [4.78, 5) is 23.6. The van der Waals surface area contributed by atoms with Gasteiger partial charge >= 0.3 is 5.97 Å². The second-order valence-corrected chi connectivity index (χ2v) is 6.98. The maximum atomic E-state index is 12.6. The van der Waals surface area contributed by atoms with Crippen LogP contribution in [0.1, 0.15) is 39.6 Å². The minimum Gasteiger partial charge on any atom is -0.478 e. The van der Waals surface area contributed by atoms with Gasteiger partial charge in [-0.15, -0.1) is 11.8 Å². The van der Waals surface area contributed by atoms with Gasteiger partial charge in [0, 0.05) is 11.8 Å². The first-order chi connectivity index (χ1) is 11.6. The summed E-state index contributed by atoms with van der Waals surface area (Å²) in [7, 11) is 0. The molecule has 1 aliphatic carbocycles. The van der Waals surface area contributed by atoms with Crippen LogP contribution in [-0.2, 0) is 10.5 Å². The van der Waals surface area contributed by atoms with Crippen LogP contribution in [0.2, 0.25) is 0 Å². The van der Waals surface area contributed by atoms with Crippen LogP contribution in [0.3, 0.4) is 0 Å². The van der Waals surface area contributed by atoms with Crippen molar-refractivity contribution in [3.8, 4) is 0 Å². The predicted octanol–water partition coefficient (Wildman–Crippen LogP) is 3.64. The highest BCUT2D eigenvalue weighted by molar-refractivity contribution is 7.99. The van der Waals surface area contributed by atoms with Crippen LogP contribution in [0.4, 0.5) is 0 Å². The molecule has 3 rings (SSSR count). The molecule has 4 nitrogen and oxygen atoms in total. The Bertz CT molecular complexity index is 728. The lowest BCUT2D eigenvalue weighted by Gasteiger charge is -2.17. The summed E-state index contributed by atoms with van der Waals surface area (Å²) < 4.78 is 0. The lowest BCUT2D eigenvalue weighted by molar-refractivity contribution is -0.120. The number of thioether (sulfide) groups is 1. The quantitative estimate of drug-likeness (QED) is 0.807. The van der Waals surface area contributed by atoms with Crippen LogP contribution < -0.4 is 5.32 Å². The number of carboxylic acids is 1. The normalized spacial score (nSPS) is 14.8. The summed E-state index contributed by atoms with van der Waals surface area (Å²) in [6, 6.07) is 16.9. The minimum atomic E-state index is -0.937. The number of hydrogen-bond donors (Lipinski definition) is 2. The van der Waals surface area contributed by atoms with Crippen molar-refractivity contribution in [2.24, 2.45) is 0 Å². The first kappa shape index (κ1) is 16.6. The summed E-state index contributed by atoms with van der Waals surface area (Å²) in [5.41, 5.74) is 2.14. The molecule has 0 radical (unpaired) electrons. The highest BCUT2D eigenvalue weighted by atomic mass is 32.2. The molecule has 0 heterocycles. The number of carboxylic acid groups (broad SMARTS) is 1. The average Bonchev–Trinajstić information content (AvgIpc) is 3.40. The molecule has 2 N–H and O–H groups in total. The third kappa shape index (κ3) is 4.38. The number of amides is 1. The molecule has 1 amide bonds. The van der Waals surface area contributed by atoms with Crippen LogP contribution in [0, 0.1) is 0 Å².